The molecular formula is C46H82O3. The molecule has 3 saturated carbocycles. The molecular weight excluding hydrogens is 601 g/mol. The van der Waals surface area contributed by atoms with Crippen LogP contribution < -0.4 is 0 Å². The second kappa shape index (κ2) is 20.3. The molecule has 0 saturated heterocycles. The van der Waals surface area contributed by atoms with E-state index >= 15 is 0 Å². The molecule has 4 aliphatic rings. The number of hydrogen-bond acceptors (Lipinski definition) is 3. The highest BCUT2D eigenvalue weighted by atomic mass is 16.7. The molecule has 4 aliphatic carbocycles. The van der Waals surface area contributed by atoms with Gasteiger partial charge in [0.05, 0.1) is 6.61 Å². The minimum absolute atomic E-state index is 0.00958. The zero-order valence-electron chi connectivity index (χ0n) is 33.8. The van der Waals surface area contributed by atoms with Crippen LogP contribution in [-0.4, -0.2) is 18.9 Å². The van der Waals surface area contributed by atoms with Gasteiger partial charge in [-0.2, -0.15) is 0 Å². The fourth-order valence-electron chi connectivity index (χ4n) is 11.7. The van der Waals surface area contributed by atoms with Crippen LogP contribution in [0.1, 0.15) is 209 Å². The lowest BCUT2D eigenvalue weighted by Crippen LogP contribution is -2.51. The average Bonchev–Trinajstić information content (AvgIpc) is 3.41. The highest BCUT2D eigenvalue weighted by Crippen LogP contribution is 2.67. The quantitative estimate of drug-likeness (QED) is 0.0648. The Morgan fingerprint density at radius 2 is 1.29 bits per heavy atom. The van der Waals surface area contributed by atoms with Crippen LogP contribution in [0.3, 0.4) is 0 Å². The third-order valence-corrected chi connectivity index (χ3v) is 14.7. The van der Waals surface area contributed by atoms with Crippen molar-refractivity contribution in [2.45, 2.75) is 215 Å². The second-order valence-corrected chi connectivity index (χ2v) is 19.1. The van der Waals surface area contributed by atoms with Gasteiger partial charge in [-0.15, -0.1) is 0 Å². The van der Waals surface area contributed by atoms with Gasteiger partial charge < -0.3 is 9.47 Å². The van der Waals surface area contributed by atoms with Gasteiger partial charge in [0, 0.05) is 6.42 Å². The van der Waals surface area contributed by atoms with Crippen LogP contribution >= 0.6 is 0 Å². The van der Waals surface area contributed by atoms with Crippen LogP contribution in [-0.2, 0) is 9.47 Å². The summed E-state index contributed by atoms with van der Waals surface area (Å²) in [7, 11) is 0. The summed E-state index contributed by atoms with van der Waals surface area (Å²) in [6.07, 6.45) is 35.2. The average molecular weight is 683 g/mol. The molecule has 0 aromatic carbocycles. The molecule has 0 aromatic heterocycles. The highest BCUT2D eigenvalue weighted by molar-refractivity contribution is 5.60. The zero-order chi connectivity index (χ0) is 35.3. The number of fused-ring (bicyclic) bond motifs is 5. The third kappa shape index (κ3) is 11.8. The van der Waals surface area contributed by atoms with Gasteiger partial charge >= 0.3 is 6.16 Å². The Balaban J connectivity index is 1.07. The molecule has 0 aromatic rings. The number of hydrogen-bond donors (Lipinski definition) is 0. The van der Waals surface area contributed by atoms with E-state index in [0.29, 0.717) is 17.4 Å². The maximum atomic E-state index is 12.6. The van der Waals surface area contributed by atoms with Crippen LogP contribution in [0.15, 0.2) is 11.6 Å². The Morgan fingerprint density at radius 1 is 0.694 bits per heavy atom. The van der Waals surface area contributed by atoms with Gasteiger partial charge in [0.15, 0.2) is 0 Å². The summed E-state index contributed by atoms with van der Waals surface area (Å²) in [6.45, 7) is 17.8. The minimum atomic E-state index is -0.434. The summed E-state index contributed by atoms with van der Waals surface area (Å²) >= 11 is 0. The number of allylic oxidation sites excluding steroid dienone is 1. The van der Waals surface area contributed by atoms with Gasteiger partial charge in [-0.3, -0.25) is 0 Å². The van der Waals surface area contributed by atoms with Crippen molar-refractivity contribution in [2.24, 2.45) is 52.3 Å². The molecule has 0 spiro atoms. The molecule has 49 heavy (non-hydrogen) atoms. The van der Waals surface area contributed by atoms with Crippen molar-refractivity contribution in [3.8, 4) is 0 Å². The summed E-state index contributed by atoms with van der Waals surface area (Å²) in [5.41, 5.74) is 2.42. The lowest BCUT2D eigenvalue weighted by molar-refractivity contribution is -0.0617. The largest absolute Gasteiger partial charge is 0.508 e. The minimum Gasteiger partial charge on any atom is -0.434 e. The van der Waals surface area contributed by atoms with Crippen LogP contribution in [0.5, 0.6) is 0 Å². The van der Waals surface area contributed by atoms with E-state index in [4.69, 9.17) is 9.47 Å². The summed E-state index contributed by atoms with van der Waals surface area (Å²) in [5, 5.41) is 0. The number of rotatable bonds is 22. The molecule has 8 atom stereocenters. The lowest BCUT2D eigenvalue weighted by atomic mass is 9.47. The van der Waals surface area contributed by atoms with E-state index in [1.807, 2.05) is 0 Å². The molecule has 3 fully saturated rings. The van der Waals surface area contributed by atoms with Gasteiger partial charge in [0.1, 0.15) is 6.10 Å². The van der Waals surface area contributed by atoms with E-state index in [-0.39, 0.29) is 6.10 Å². The Morgan fingerprint density at radius 3 is 1.92 bits per heavy atom. The van der Waals surface area contributed by atoms with Crippen molar-refractivity contribution in [3.63, 3.8) is 0 Å². The van der Waals surface area contributed by atoms with E-state index in [9.17, 15) is 4.79 Å². The molecule has 4 unspecified atom stereocenters. The van der Waals surface area contributed by atoms with Crippen LogP contribution in [0.4, 0.5) is 4.79 Å². The number of carbonyl (C=O) groups excluding carboxylic acids is 1. The Kier molecular flexibility index (Phi) is 16.9. The number of ether oxygens (including phenoxy) is 2. The molecule has 3 heteroatoms. The fourth-order valence-corrected chi connectivity index (χ4v) is 11.7. The van der Waals surface area contributed by atoms with E-state index in [2.05, 4.69) is 54.5 Å². The molecule has 3 nitrogen and oxygen atoms in total. The molecule has 0 aliphatic heterocycles. The van der Waals surface area contributed by atoms with E-state index in [0.717, 1.165) is 73.5 Å². The van der Waals surface area contributed by atoms with Crippen molar-refractivity contribution >= 4 is 6.16 Å². The van der Waals surface area contributed by atoms with E-state index in [1.54, 1.807) is 5.57 Å². The molecule has 0 radical (unpaired) electrons. The smallest absolute Gasteiger partial charge is 0.434 e. The van der Waals surface area contributed by atoms with Crippen molar-refractivity contribution in [3.05, 3.63) is 11.6 Å². The molecule has 4 rings (SSSR count). The fraction of sp³-hybridized carbons (Fsp3) is 0.935. The normalized spacial score (nSPS) is 31.6. The first-order valence-electron chi connectivity index (χ1n) is 22.1. The first-order chi connectivity index (χ1) is 23.5. The van der Waals surface area contributed by atoms with Crippen molar-refractivity contribution in [1.82, 2.24) is 0 Å². The molecule has 0 N–H and O–H groups in total. The maximum absolute atomic E-state index is 12.6. The molecule has 0 bridgehead atoms. The predicted molar refractivity (Wildman–Crippen MR) is 209 cm³/mol. The topological polar surface area (TPSA) is 35.5 Å². The summed E-state index contributed by atoms with van der Waals surface area (Å²) < 4.78 is 11.5. The van der Waals surface area contributed by atoms with Crippen molar-refractivity contribution in [2.75, 3.05) is 6.61 Å². The Hall–Kier alpha value is -0.990. The SMILES string of the molecule is CC(C)CCCCCCCCCCCCCCCOC(=O)OC1CC[C@@]2(C)C(=CCC3C2CC[C@@]2(C)C3CC[C@@H]2[C@H](C)CCCC(C)C)C1. The molecule has 284 valence electrons. The number of carbonyl (C=O) groups is 1. The van der Waals surface area contributed by atoms with Gasteiger partial charge in [-0.25, -0.2) is 4.79 Å². The van der Waals surface area contributed by atoms with Crippen LogP contribution in [0.2, 0.25) is 0 Å². The van der Waals surface area contributed by atoms with Gasteiger partial charge in [-0.05, 0) is 104 Å². The maximum Gasteiger partial charge on any atom is 0.508 e. The first kappa shape index (κ1) is 40.8. The lowest BCUT2D eigenvalue weighted by Gasteiger charge is -2.58. The Bertz CT molecular complexity index is 983. The van der Waals surface area contributed by atoms with Crippen LogP contribution in [0, 0.1) is 52.3 Å². The second-order valence-electron chi connectivity index (χ2n) is 19.1. The summed E-state index contributed by atoms with van der Waals surface area (Å²) in [4.78, 5) is 12.6. The zero-order valence-corrected chi connectivity index (χ0v) is 33.8. The van der Waals surface area contributed by atoms with Crippen LogP contribution in [0.25, 0.3) is 0 Å². The highest BCUT2D eigenvalue weighted by Gasteiger charge is 2.59. The van der Waals surface area contributed by atoms with Gasteiger partial charge in [-0.1, -0.05) is 163 Å². The summed E-state index contributed by atoms with van der Waals surface area (Å²) in [6, 6.07) is 0. The molecule has 0 amide bonds. The number of unbranched alkanes of at least 4 members (excludes halogenated alkanes) is 12. The van der Waals surface area contributed by atoms with Gasteiger partial charge in [0.25, 0.3) is 0 Å². The standard InChI is InChI=1S/C46H82O3/c1-35(2)22-19-17-15-13-11-9-8-10-12-14-16-18-20-33-48-44(47)49-39-29-31-45(6)38(34-39)25-26-40-42-28-27-41(37(5)24-21-23-36(3)4)46(42,7)32-30-43(40)45/h25,35-37,39-43H,8-24,26-34H2,1-7H3/t37-,39?,40?,41-,42?,43?,45+,46-/m1/s1. The summed E-state index contributed by atoms with van der Waals surface area (Å²) in [5.74, 6) is 6.03. The van der Waals surface area contributed by atoms with E-state index in [1.165, 1.54) is 128 Å². The monoisotopic (exact) mass is 683 g/mol. The van der Waals surface area contributed by atoms with Gasteiger partial charge in [0.2, 0.25) is 0 Å². The predicted octanol–water partition coefficient (Wildman–Crippen LogP) is 14.7. The first-order valence-corrected chi connectivity index (χ1v) is 22.1. The van der Waals surface area contributed by atoms with Crippen molar-refractivity contribution in [1.29, 1.82) is 0 Å². The Labute approximate surface area is 305 Å². The third-order valence-electron chi connectivity index (χ3n) is 14.7. The molecule has 0 heterocycles. The van der Waals surface area contributed by atoms with E-state index < -0.39 is 6.16 Å². The van der Waals surface area contributed by atoms with Crippen molar-refractivity contribution < 1.29 is 14.3 Å².